The molecule has 0 fully saturated rings. The van der Waals surface area contributed by atoms with Crippen molar-refractivity contribution in [2.45, 2.75) is 6.54 Å². The number of carbonyl (C=O) groups excluding carboxylic acids is 1. The minimum Gasteiger partial charge on any atom is -0.497 e. The van der Waals surface area contributed by atoms with Crippen molar-refractivity contribution in [3.05, 3.63) is 51.5 Å². The number of methoxy groups -OCH3 is 4. The smallest absolute Gasteiger partial charge is 0.262 e. The Morgan fingerprint density at radius 1 is 1.07 bits per heavy atom. The number of nitriles is 1. The second kappa shape index (κ2) is 10.4. The fourth-order valence-electron chi connectivity index (χ4n) is 2.61. The lowest BCUT2D eigenvalue weighted by Gasteiger charge is -2.12. The Labute approximate surface area is 178 Å². The Hall–Kier alpha value is -3.18. The zero-order chi connectivity index (χ0) is 21.4. The van der Waals surface area contributed by atoms with Crippen LogP contribution in [0.2, 0.25) is 0 Å². The quantitative estimate of drug-likeness (QED) is 0.476. The van der Waals surface area contributed by atoms with Crippen LogP contribution < -0.4 is 24.3 Å². The standard InChI is InChI=1S/C21H21BrN2O5/c1-26-16-6-5-14(18(10-16)27-2)12-24-21(25)15(11-23)7-13-8-17(22)20(29-4)19(9-13)28-3/h5-10H,12H2,1-4H3,(H,24,25)/b15-7+. The van der Waals surface area contributed by atoms with Crippen molar-refractivity contribution in [1.82, 2.24) is 5.32 Å². The first-order chi connectivity index (χ1) is 14.0. The lowest BCUT2D eigenvalue weighted by atomic mass is 10.1. The molecule has 0 heterocycles. The van der Waals surface area contributed by atoms with Gasteiger partial charge in [0.15, 0.2) is 11.5 Å². The Bertz CT molecular complexity index is 966. The SMILES string of the molecule is COc1ccc(CNC(=O)/C(C#N)=C/c2cc(Br)c(OC)c(OC)c2)c(OC)c1. The number of nitrogens with zero attached hydrogens (tertiary/aromatic N) is 1. The van der Waals surface area contributed by atoms with Gasteiger partial charge in [-0.25, -0.2) is 0 Å². The number of amides is 1. The lowest BCUT2D eigenvalue weighted by molar-refractivity contribution is -0.117. The molecule has 0 bridgehead atoms. The number of hydrogen-bond donors (Lipinski definition) is 1. The van der Waals surface area contributed by atoms with Gasteiger partial charge in [0.2, 0.25) is 0 Å². The van der Waals surface area contributed by atoms with Crippen LogP contribution in [-0.4, -0.2) is 34.3 Å². The Morgan fingerprint density at radius 2 is 1.79 bits per heavy atom. The molecule has 2 aromatic rings. The summed E-state index contributed by atoms with van der Waals surface area (Å²) in [5, 5.41) is 12.2. The largest absolute Gasteiger partial charge is 0.497 e. The number of ether oxygens (including phenoxy) is 4. The molecule has 0 spiro atoms. The maximum absolute atomic E-state index is 12.5. The molecule has 0 saturated heterocycles. The van der Waals surface area contributed by atoms with E-state index in [0.717, 1.165) is 5.56 Å². The maximum atomic E-state index is 12.5. The van der Waals surface area contributed by atoms with E-state index >= 15 is 0 Å². The number of hydrogen-bond acceptors (Lipinski definition) is 6. The predicted octanol–water partition coefficient (Wildman–Crippen LogP) is 3.71. The number of nitrogens with one attached hydrogen (secondary N) is 1. The number of halogens is 1. The highest BCUT2D eigenvalue weighted by Crippen LogP contribution is 2.36. The van der Waals surface area contributed by atoms with Crippen LogP contribution in [0, 0.1) is 11.3 Å². The van der Waals surface area contributed by atoms with Gasteiger partial charge in [-0.15, -0.1) is 0 Å². The molecule has 0 unspecified atom stereocenters. The Morgan fingerprint density at radius 3 is 2.38 bits per heavy atom. The number of benzene rings is 2. The molecule has 2 aromatic carbocycles. The van der Waals surface area contributed by atoms with Gasteiger partial charge in [0.1, 0.15) is 23.1 Å². The van der Waals surface area contributed by atoms with Gasteiger partial charge in [0.25, 0.3) is 5.91 Å². The molecule has 29 heavy (non-hydrogen) atoms. The third-order valence-corrected chi connectivity index (χ3v) is 4.65. The van der Waals surface area contributed by atoms with E-state index in [1.165, 1.54) is 27.4 Å². The average Bonchev–Trinajstić information content (AvgIpc) is 2.74. The van der Waals surface area contributed by atoms with Gasteiger partial charge in [-0.05, 0) is 51.8 Å². The topological polar surface area (TPSA) is 89.8 Å². The molecule has 0 radical (unpaired) electrons. The zero-order valence-corrected chi connectivity index (χ0v) is 18.1. The van der Waals surface area contributed by atoms with Gasteiger partial charge in [0, 0.05) is 18.2 Å². The van der Waals surface area contributed by atoms with Gasteiger partial charge in [-0.3, -0.25) is 4.79 Å². The summed E-state index contributed by atoms with van der Waals surface area (Å²) in [6.45, 7) is 0.195. The third kappa shape index (κ3) is 5.42. The van der Waals surface area contributed by atoms with E-state index < -0.39 is 5.91 Å². The molecule has 152 valence electrons. The van der Waals surface area contributed by atoms with Gasteiger partial charge in [-0.1, -0.05) is 0 Å². The van der Waals surface area contributed by atoms with Crippen LogP contribution in [0.3, 0.4) is 0 Å². The molecule has 0 aromatic heterocycles. The molecule has 2 rings (SSSR count). The van der Waals surface area contributed by atoms with Crippen molar-refractivity contribution in [1.29, 1.82) is 5.26 Å². The van der Waals surface area contributed by atoms with E-state index in [1.54, 1.807) is 37.4 Å². The van der Waals surface area contributed by atoms with Crippen LogP contribution in [0.25, 0.3) is 6.08 Å². The van der Waals surface area contributed by atoms with E-state index in [-0.39, 0.29) is 12.1 Å². The first-order valence-electron chi connectivity index (χ1n) is 8.49. The fourth-order valence-corrected chi connectivity index (χ4v) is 3.23. The summed E-state index contributed by atoms with van der Waals surface area (Å²) >= 11 is 3.39. The van der Waals surface area contributed by atoms with E-state index in [2.05, 4.69) is 21.2 Å². The molecule has 0 aliphatic heterocycles. The highest BCUT2D eigenvalue weighted by Gasteiger charge is 2.14. The molecule has 7 nitrogen and oxygen atoms in total. The summed E-state index contributed by atoms with van der Waals surface area (Å²) in [5.41, 5.74) is 1.33. The summed E-state index contributed by atoms with van der Waals surface area (Å²) in [6, 6.07) is 10.6. The first-order valence-corrected chi connectivity index (χ1v) is 9.29. The highest BCUT2D eigenvalue weighted by atomic mass is 79.9. The van der Waals surface area contributed by atoms with E-state index in [1.807, 2.05) is 6.07 Å². The second-order valence-electron chi connectivity index (χ2n) is 5.77. The van der Waals surface area contributed by atoms with Crippen molar-refractivity contribution in [2.75, 3.05) is 28.4 Å². The van der Waals surface area contributed by atoms with Crippen LogP contribution in [0.15, 0.2) is 40.4 Å². The second-order valence-corrected chi connectivity index (χ2v) is 6.62. The van der Waals surface area contributed by atoms with Gasteiger partial charge in [-0.2, -0.15) is 5.26 Å². The highest BCUT2D eigenvalue weighted by molar-refractivity contribution is 9.10. The van der Waals surface area contributed by atoms with Crippen molar-refractivity contribution in [3.63, 3.8) is 0 Å². The monoisotopic (exact) mass is 460 g/mol. The molecule has 1 N–H and O–H groups in total. The van der Waals surface area contributed by atoms with Gasteiger partial charge < -0.3 is 24.3 Å². The van der Waals surface area contributed by atoms with Crippen molar-refractivity contribution < 1.29 is 23.7 Å². The van der Waals surface area contributed by atoms with E-state index in [4.69, 9.17) is 18.9 Å². The summed E-state index contributed by atoms with van der Waals surface area (Å²) in [5.74, 6) is 1.73. The lowest BCUT2D eigenvalue weighted by Crippen LogP contribution is -2.24. The summed E-state index contributed by atoms with van der Waals surface area (Å²) < 4.78 is 21.7. The molecule has 1 amide bonds. The minimum absolute atomic E-state index is 0.0448. The van der Waals surface area contributed by atoms with Crippen molar-refractivity contribution in [3.8, 4) is 29.1 Å². The van der Waals surface area contributed by atoms with E-state index in [9.17, 15) is 10.1 Å². The average molecular weight is 461 g/mol. The molecular formula is C21H21BrN2O5. The Kier molecular flexibility index (Phi) is 7.92. The van der Waals surface area contributed by atoms with Crippen LogP contribution in [0.1, 0.15) is 11.1 Å². The molecule has 0 aliphatic rings. The van der Waals surface area contributed by atoms with Crippen LogP contribution in [0.4, 0.5) is 0 Å². The fraction of sp³-hybridized carbons (Fsp3) is 0.238. The maximum Gasteiger partial charge on any atom is 0.262 e. The molecule has 0 aliphatic carbocycles. The first kappa shape index (κ1) is 22.1. The molecular weight excluding hydrogens is 440 g/mol. The minimum atomic E-state index is -0.503. The van der Waals surface area contributed by atoms with Crippen molar-refractivity contribution >= 4 is 27.9 Å². The molecule has 0 saturated carbocycles. The predicted molar refractivity (Wildman–Crippen MR) is 112 cm³/mol. The van der Waals surface area contributed by atoms with Crippen LogP contribution >= 0.6 is 15.9 Å². The third-order valence-electron chi connectivity index (χ3n) is 4.07. The summed E-state index contributed by atoms with van der Waals surface area (Å²) in [6.07, 6.45) is 1.48. The normalized spacial score (nSPS) is 10.7. The zero-order valence-electron chi connectivity index (χ0n) is 16.5. The van der Waals surface area contributed by atoms with Crippen LogP contribution in [-0.2, 0) is 11.3 Å². The van der Waals surface area contributed by atoms with Crippen LogP contribution in [0.5, 0.6) is 23.0 Å². The molecule has 8 heteroatoms. The van der Waals surface area contributed by atoms with E-state index in [0.29, 0.717) is 33.0 Å². The molecule has 0 atom stereocenters. The summed E-state index contributed by atoms with van der Waals surface area (Å²) in [7, 11) is 6.14. The van der Waals surface area contributed by atoms with Crippen molar-refractivity contribution in [2.24, 2.45) is 0 Å². The van der Waals surface area contributed by atoms with Gasteiger partial charge >= 0.3 is 0 Å². The Balaban J connectivity index is 2.21. The van der Waals surface area contributed by atoms with Gasteiger partial charge in [0.05, 0.1) is 32.9 Å². The number of carbonyl (C=O) groups is 1. The summed E-state index contributed by atoms with van der Waals surface area (Å²) in [4.78, 5) is 12.5. The number of rotatable bonds is 8.